The number of nitrogens with one attached hydrogen (secondary N) is 4. The van der Waals surface area contributed by atoms with E-state index in [1.54, 1.807) is 12.1 Å². The smallest absolute Gasteiger partial charge is 0.351 e. The number of sulfone groups is 1. The lowest BCUT2D eigenvalue weighted by molar-refractivity contribution is -0.130. The molecule has 0 saturated heterocycles. The lowest BCUT2D eigenvalue weighted by atomic mass is 9.93. The molecule has 17 heteroatoms. The van der Waals surface area contributed by atoms with E-state index in [-0.39, 0.29) is 41.5 Å². The van der Waals surface area contributed by atoms with Crippen molar-refractivity contribution in [1.29, 1.82) is 0 Å². The molecule has 0 aliphatic carbocycles. The number of benzene rings is 3. The van der Waals surface area contributed by atoms with Gasteiger partial charge in [0.05, 0.1) is 10.6 Å². The average Bonchev–Trinajstić information content (AvgIpc) is 3.69. The molecule has 0 saturated carbocycles. The molecule has 15 nitrogen and oxygen atoms in total. The molecule has 2 aliphatic heterocycles. The molecular weight excluding hydrogens is 737 g/mol. The number of amides is 4. The van der Waals surface area contributed by atoms with Crippen molar-refractivity contribution in [1.82, 2.24) is 20.9 Å². The van der Waals surface area contributed by atoms with E-state index in [4.69, 9.17) is 0 Å². The second-order valence-corrected chi connectivity index (χ2v) is 17.5. The molecule has 1 aromatic heterocycles. The molecule has 0 bridgehead atoms. The zero-order chi connectivity index (χ0) is 39.3. The van der Waals surface area contributed by atoms with Crippen molar-refractivity contribution >= 4 is 63.2 Å². The molecular formula is C37H40N5O10PS. The lowest BCUT2D eigenvalue weighted by Crippen LogP contribution is -2.56. The first kappa shape index (κ1) is 38.6. The van der Waals surface area contributed by atoms with Crippen molar-refractivity contribution < 1.29 is 46.7 Å². The molecule has 0 fully saturated rings. The molecule has 0 unspecified atom stereocenters. The van der Waals surface area contributed by atoms with E-state index < -0.39 is 64.7 Å². The van der Waals surface area contributed by atoms with Crippen LogP contribution in [0.4, 0.5) is 5.69 Å². The van der Waals surface area contributed by atoms with Gasteiger partial charge in [0.15, 0.2) is 9.84 Å². The van der Waals surface area contributed by atoms with Crippen LogP contribution in [0.3, 0.4) is 0 Å². The fourth-order valence-corrected chi connectivity index (χ4v) is 7.90. The van der Waals surface area contributed by atoms with Gasteiger partial charge >= 0.3 is 7.60 Å². The van der Waals surface area contributed by atoms with Crippen LogP contribution in [0.5, 0.6) is 0 Å². The molecule has 2 aliphatic rings. The van der Waals surface area contributed by atoms with Crippen LogP contribution < -0.4 is 20.9 Å². The van der Waals surface area contributed by atoms with E-state index >= 15 is 0 Å². The van der Waals surface area contributed by atoms with Crippen LogP contribution in [-0.4, -0.2) is 76.7 Å². The van der Waals surface area contributed by atoms with Crippen LogP contribution in [0.15, 0.2) is 65.6 Å². The van der Waals surface area contributed by atoms with Gasteiger partial charge in [0.25, 0.3) is 11.4 Å². The number of hydrogen-bond donors (Lipinski definition) is 6. The van der Waals surface area contributed by atoms with Crippen LogP contribution in [-0.2, 0) is 48.2 Å². The van der Waals surface area contributed by atoms with Gasteiger partial charge in [0.2, 0.25) is 17.7 Å². The molecule has 54 heavy (non-hydrogen) atoms. The molecule has 3 aromatic carbocycles. The van der Waals surface area contributed by atoms with Crippen molar-refractivity contribution in [2.75, 3.05) is 11.2 Å². The number of aromatic nitrogens is 1. The first-order chi connectivity index (χ1) is 25.3. The third-order valence-electron chi connectivity index (χ3n) is 9.72. The normalized spacial score (nSPS) is 17.5. The van der Waals surface area contributed by atoms with E-state index in [0.29, 0.717) is 28.6 Å². The van der Waals surface area contributed by atoms with E-state index in [1.165, 1.54) is 48.2 Å². The Bertz CT molecular complexity index is 2370. The lowest BCUT2D eigenvalue weighted by Gasteiger charge is -2.28. The number of carbonyl (C=O) groups excluding carboxylic acids is 5. The highest BCUT2D eigenvalue weighted by molar-refractivity contribution is 7.90. The monoisotopic (exact) mass is 777 g/mol. The third-order valence-corrected chi connectivity index (χ3v) is 11.6. The number of H-pyrrole nitrogens is 1. The zero-order valence-corrected chi connectivity index (χ0v) is 31.6. The number of hydrogen-bond acceptors (Lipinski definition) is 8. The van der Waals surface area contributed by atoms with Crippen LogP contribution in [0.2, 0.25) is 0 Å². The summed E-state index contributed by atoms with van der Waals surface area (Å²) in [5, 5.41) is 8.61. The first-order valence-electron chi connectivity index (χ1n) is 17.2. The quantitative estimate of drug-likeness (QED) is 0.122. The summed E-state index contributed by atoms with van der Waals surface area (Å²) in [7, 11) is -8.40. The number of nitrogens with zero attached hydrogens (tertiary/aromatic N) is 1. The summed E-state index contributed by atoms with van der Waals surface area (Å²) in [5.41, 5.74) is 2.87. The molecule has 6 N–H and O–H groups in total. The molecule has 0 radical (unpaired) electrons. The predicted molar refractivity (Wildman–Crippen MR) is 199 cm³/mol. The van der Waals surface area contributed by atoms with Crippen molar-refractivity contribution in [2.45, 2.75) is 75.5 Å². The van der Waals surface area contributed by atoms with Gasteiger partial charge in [-0.05, 0) is 84.3 Å². The molecule has 284 valence electrons. The summed E-state index contributed by atoms with van der Waals surface area (Å²) in [6.07, 6.45) is 1.95. The molecule has 3 heterocycles. The van der Waals surface area contributed by atoms with Crippen molar-refractivity contribution in [3.63, 3.8) is 0 Å². The summed E-state index contributed by atoms with van der Waals surface area (Å²) in [6, 6.07) is 12.4. The van der Waals surface area contributed by atoms with Crippen LogP contribution in [0.25, 0.3) is 10.9 Å². The summed E-state index contributed by atoms with van der Waals surface area (Å²) in [5.74, 6) is -2.03. The third kappa shape index (κ3) is 7.87. The Balaban J connectivity index is 1.19. The zero-order valence-electron chi connectivity index (χ0n) is 29.9. The van der Waals surface area contributed by atoms with Crippen molar-refractivity contribution in [2.24, 2.45) is 0 Å². The highest BCUT2D eigenvalue weighted by Crippen LogP contribution is 2.42. The van der Waals surface area contributed by atoms with Gasteiger partial charge in [-0.25, -0.2) is 8.42 Å². The number of rotatable bonds is 11. The first-order valence-corrected chi connectivity index (χ1v) is 20.7. The average molecular weight is 778 g/mol. The highest BCUT2D eigenvalue weighted by atomic mass is 32.2. The van der Waals surface area contributed by atoms with Gasteiger partial charge < -0.3 is 30.7 Å². The topological polar surface area (TPSA) is 232 Å². The van der Waals surface area contributed by atoms with Gasteiger partial charge in [-0.1, -0.05) is 38.1 Å². The number of carbonyl (C=O) groups is 5. The van der Waals surface area contributed by atoms with Gasteiger partial charge in [-0.2, -0.15) is 0 Å². The van der Waals surface area contributed by atoms with Gasteiger partial charge in [-0.3, -0.25) is 33.4 Å². The number of aromatic amines is 1. The maximum absolute atomic E-state index is 14.3. The summed E-state index contributed by atoms with van der Waals surface area (Å²) in [6.45, 7) is 5.70. The molecule has 6 rings (SSSR count). The second-order valence-electron chi connectivity index (χ2n) is 14.0. The van der Waals surface area contributed by atoms with Crippen molar-refractivity contribution in [3.8, 4) is 0 Å². The summed E-state index contributed by atoms with van der Waals surface area (Å²) >= 11 is 0. The molecule has 3 atom stereocenters. The van der Waals surface area contributed by atoms with Crippen LogP contribution in [0, 0.1) is 0 Å². The molecule has 4 amide bonds. The largest absolute Gasteiger partial charge is 0.396 e. The Kier molecular flexibility index (Phi) is 10.4. The number of anilines is 1. The van der Waals surface area contributed by atoms with Gasteiger partial charge in [0, 0.05) is 35.7 Å². The van der Waals surface area contributed by atoms with Gasteiger partial charge in [-0.15, -0.1) is 0 Å². The van der Waals surface area contributed by atoms with E-state index in [9.17, 15) is 46.7 Å². The fourth-order valence-electron chi connectivity index (χ4n) is 6.79. The summed E-state index contributed by atoms with van der Waals surface area (Å²) < 4.78 is 35.0. The SMILES string of the molecule is CC(C)c1cc2c3c(c1)C[C@@H](C(=O)N[C@@H](C)C(=O)NCc1ccc(S(C)(=O)=O)cc1)N3C(=O)[C@@H](NC(=O)c1cc3cc(C(=O)P(=O)(O)O)ccc3[nH]1)CC2. The predicted octanol–water partition coefficient (Wildman–Crippen LogP) is 2.84. The Hall–Kier alpha value is -5.15. The minimum absolute atomic E-state index is 0.0463. The Labute approximate surface area is 311 Å². The summed E-state index contributed by atoms with van der Waals surface area (Å²) in [4.78, 5) is 90.0. The van der Waals surface area contributed by atoms with E-state index in [1.807, 2.05) is 26.0 Å². The molecule has 0 spiro atoms. The minimum atomic E-state index is -5.02. The Morgan fingerprint density at radius 2 is 1.67 bits per heavy atom. The minimum Gasteiger partial charge on any atom is -0.351 e. The fraction of sp³-hybridized carbons (Fsp3) is 0.324. The Morgan fingerprint density at radius 1 is 0.981 bits per heavy atom. The Morgan fingerprint density at radius 3 is 2.31 bits per heavy atom. The maximum Gasteiger partial charge on any atom is 0.396 e. The van der Waals surface area contributed by atoms with Crippen LogP contribution >= 0.6 is 7.60 Å². The van der Waals surface area contributed by atoms with E-state index in [2.05, 4.69) is 20.9 Å². The van der Waals surface area contributed by atoms with E-state index in [0.717, 1.165) is 22.9 Å². The van der Waals surface area contributed by atoms with Crippen LogP contribution in [0.1, 0.15) is 76.2 Å². The van der Waals surface area contributed by atoms with Gasteiger partial charge in [0.1, 0.15) is 23.8 Å². The highest BCUT2D eigenvalue weighted by Gasteiger charge is 2.45. The maximum atomic E-state index is 14.3. The van der Waals surface area contributed by atoms with Crippen molar-refractivity contribution in [3.05, 3.63) is 94.2 Å². The standard InChI is InChI=1S/C37H40N5O10PS/c1-19(2)24-13-22-7-12-29(41-34(44)30-16-25-14-23(8-11-28(25)40-30)37(47)53(48,49)50)36(46)42-31(17-26(15-24)32(22)42)35(45)39-20(3)33(43)38-18-21-5-9-27(10-6-21)54(4,51)52/h5-6,8-11,13-16,19-20,29,31,40H,7,12,17-18H2,1-4H3,(H,38,43)(H,39,45)(H,41,44)(H2,48,49,50)/t20-,29-,31-/m0/s1. The number of aryl methyl sites for hydroxylation is 1. The number of fused-ring (bicyclic) bond motifs is 1. The second kappa shape index (κ2) is 14.6. The molecule has 4 aromatic rings.